The summed E-state index contributed by atoms with van der Waals surface area (Å²) in [6.45, 7) is 2.89. The summed E-state index contributed by atoms with van der Waals surface area (Å²) in [6.07, 6.45) is 8.76. The molecule has 1 saturated heterocycles. The summed E-state index contributed by atoms with van der Waals surface area (Å²) in [5.74, 6) is 7.91. The largest absolute Gasteiger partial charge is 0.461 e. The molecular weight excluding hydrogens is 376 g/mol. The molecule has 1 fully saturated rings. The number of hydrogen-bond donors (Lipinski definition) is 0. The number of halogens is 1. The molecule has 3 aromatic rings. The highest BCUT2D eigenvalue weighted by molar-refractivity contribution is 6.33. The second-order valence-corrected chi connectivity index (χ2v) is 7.23. The molecule has 0 amide bonds. The van der Waals surface area contributed by atoms with Crippen molar-refractivity contribution in [3.63, 3.8) is 0 Å². The Morgan fingerprint density at radius 2 is 2.18 bits per heavy atom. The van der Waals surface area contributed by atoms with Gasteiger partial charge in [0.2, 0.25) is 5.82 Å². The number of hydrogen-bond acceptors (Lipinski definition) is 5. The first-order valence-corrected chi connectivity index (χ1v) is 10.3. The predicted octanol–water partition coefficient (Wildman–Crippen LogP) is 5.37. The van der Waals surface area contributed by atoms with Crippen LogP contribution in [0.1, 0.15) is 63.9 Å². The number of fused-ring (bicyclic) bond motifs is 1. The van der Waals surface area contributed by atoms with E-state index < -0.39 is 0 Å². The molecule has 0 radical (unpaired) electrons. The van der Waals surface area contributed by atoms with Crippen LogP contribution in [-0.4, -0.2) is 26.1 Å². The van der Waals surface area contributed by atoms with Crippen molar-refractivity contribution in [2.45, 2.75) is 58.1 Å². The maximum absolute atomic E-state index is 6.44. The van der Waals surface area contributed by atoms with Crippen molar-refractivity contribution in [1.29, 1.82) is 0 Å². The van der Waals surface area contributed by atoms with Crippen molar-refractivity contribution >= 4 is 22.8 Å². The van der Waals surface area contributed by atoms with E-state index in [0.29, 0.717) is 40.3 Å². The quantitative estimate of drug-likeness (QED) is 0.328. The van der Waals surface area contributed by atoms with E-state index in [-0.39, 0.29) is 6.23 Å². The summed E-state index contributed by atoms with van der Waals surface area (Å²) in [7, 11) is 0. The molecule has 0 N–H and O–H groups in total. The minimum Gasteiger partial charge on any atom is -0.461 e. The average molecular weight is 399 g/mol. The fourth-order valence-electron chi connectivity index (χ4n) is 3.38. The third-order valence-electron chi connectivity index (χ3n) is 4.79. The molecule has 0 bridgehead atoms. The molecule has 1 aliphatic heterocycles. The van der Waals surface area contributed by atoms with Crippen molar-refractivity contribution in [3.8, 4) is 23.4 Å². The van der Waals surface area contributed by atoms with E-state index in [9.17, 15) is 0 Å². The zero-order valence-corrected chi connectivity index (χ0v) is 16.7. The Kier molecular flexibility index (Phi) is 5.94. The van der Waals surface area contributed by atoms with E-state index in [0.717, 1.165) is 32.1 Å². The molecule has 1 atom stereocenters. The Morgan fingerprint density at radius 3 is 2.93 bits per heavy atom. The van der Waals surface area contributed by atoms with E-state index in [1.807, 2.05) is 16.7 Å². The summed E-state index contributed by atoms with van der Waals surface area (Å²) in [5.41, 5.74) is 1.18. The zero-order valence-electron chi connectivity index (χ0n) is 15.9. The Morgan fingerprint density at radius 1 is 1.25 bits per heavy atom. The smallest absolute Gasteiger partial charge is 0.208 e. The van der Waals surface area contributed by atoms with Crippen molar-refractivity contribution in [2.75, 3.05) is 6.61 Å². The van der Waals surface area contributed by atoms with Crippen LogP contribution in [0.3, 0.4) is 0 Å². The molecule has 4 heterocycles. The van der Waals surface area contributed by atoms with Crippen molar-refractivity contribution in [3.05, 3.63) is 29.4 Å². The van der Waals surface area contributed by atoms with E-state index in [1.54, 1.807) is 6.26 Å². The molecular formula is C21H23ClN4O2. The van der Waals surface area contributed by atoms with E-state index in [1.165, 1.54) is 12.8 Å². The summed E-state index contributed by atoms with van der Waals surface area (Å²) >= 11 is 6.44. The summed E-state index contributed by atoms with van der Waals surface area (Å²) in [6, 6.07) is 3.71. The van der Waals surface area contributed by atoms with Gasteiger partial charge in [-0.05, 0) is 43.7 Å². The van der Waals surface area contributed by atoms with Crippen LogP contribution in [0.2, 0.25) is 5.15 Å². The second kappa shape index (κ2) is 8.76. The van der Waals surface area contributed by atoms with Crippen LogP contribution in [0.15, 0.2) is 22.8 Å². The van der Waals surface area contributed by atoms with Crippen molar-refractivity contribution in [2.24, 2.45) is 0 Å². The number of imidazole rings is 1. The van der Waals surface area contributed by atoms with Gasteiger partial charge in [-0.3, -0.25) is 4.57 Å². The maximum atomic E-state index is 6.44. The van der Waals surface area contributed by atoms with Gasteiger partial charge in [0.05, 0.1) is 6.26 Å². The summed E-state index contributed by atoms with van der Waals surface area (Å²) in [4.78, 5) is 13.7. The van der Waals surface area contributed by atoms with Gasteiger partial charge in [-0.2, -0.15) is 0 Å². The van der Waals surface area contributed by atoms with Crippen LogP contribution in [0.5, 0.6) is 0 Å². The standard InChI is InChI=1S/C21H23ClN4O2/c1-2-3-4-5-6-11-16-23-19(22)18-21(24-16)26(17-12-7-8-13-28-17)20(25-18)15-10-9-14-27-15/h9-10,14,17H,2-5,7-8,12-13H2,1H3. The molecule has 0 aliphatic carbocycles. The molecule has 146 valence electrons. The molecule has 1 unspecified atom stereocenters. The molecule has 3 aromatic heterocycles. The fraction of sp³-hybridized carbons (Fsp3) is 0.476. The van der Waals surface area contributed by atoms with Gasteiger partial charge in [0, 0.05) is 13.0 Å². The fourth-order valence-corrected chi connectivity index (χ4v) is 3.59. The second-order valence-electron chi connectivity index (χ2n) is 6.87. The molecule has 7 heteroatoms. The van der Waals surface area contributed by atoms with Gasteiger partial charge in [0.15, 0.2) is 22.4 Å². The molecule has 0 saturated carbocycles. The van der Waals surface area contributed by atoms with Gasteiger partial charge in [0.1, 0.15) is 11.7 Å². The Bertz CT molecular complexity index is 995. The lowest BCUT2D eigenvalue weighted by molar-refractivity contribution is -0.0289. The first-order valence-electron chi connectivity index (χ1n) is 9.87. The van der Waals surface area contributed by atoms with Gasteiger partial charge >= 0.3 is 0 Å². The van der Waals surface area contributed by atoms with Crippen LogP contribution >= 0.6 is 11.6 Å². The molecule has 1 aliphatic rings. The highest BCUT2D eigenvalue weighted by atomic mass is 35.5. The van der Waals surface area contributed by atoms with E-state index in [2.05, 4.69) is 33.7 Å². The molecule has 4 rings (SSSR count). The van der Waals surface area contributed by atoms with Gasteiger partial charge in [-0.15, -0.1) is 0 Å². The Hall–Kier alpha value is -2.36. The highest BCUT2D eigenvalue weighted by Gasteiger charge is 2.26. The minimum atomic E-state index is -0.157. The van der Waals surface area contributed by atoms with Crippen molar-refractivity contribution in [1.82, 2.24) is 19.5 Å². The van der Waals surface area contributed by atoms with Crippen LogP contribution in [0, 0.1) is 11.8 Å². The van der Waals surface area contributed by atoms with Crippen LogP contribution in [0.25, 0.3) is 22.7 Å². The van der Waals surface area contributed by atoms with E-state index in [4.69, 9.17) is 20.8 Å². The van der Waals surface area contributed by atoms with Gasteiger partial charge in [-0.25, -0.2) is 15.0 Å². The first-order chi connectivity index (χ1) is 13.8. The van der Waals surface area contributed by atoms with Crippen LogP contribution < -0.4 is 0 Å². The number of rotatable bonds is 5. The lowest BCUT2D eigenvalue weighted by Gasteiger charge is -2.25. The van der Waals surface area contributed by atoms with Gasteiger partial charge in [0.25, 0.3) is 0 Å². The number of aromatic nitrogens is 4. The molecule has 6 nitrogen and oxygen atoms in total. The lowest BCUT2D eigenvalue weighted by Crippen LogP contribution is -2.19. The number of nitrogens with zero attached hydrogens (tertiary/aromatic N) is 4. The third-order valence-corrected chi connectivity index (χ3v) is 5.05. The normalized spacial score (nSPS) is 16.9. The van der Waals surface area contributed by atoms with Crippen LogP contribution in [-0.2, 0) is 4.74 Å². The average Bonchev–Trinajstić information content (AvgIpc) is 3.36. The maximum Gasteiger partial charge on any atom is 0.208 e. The zero-order chi connectivity index (χ0) is 19.3. The Labute approximate surface area is 169 Å². The molecule has 0 spiro atoms. The summed E-state index contributed by atoms with van der Waals surface area (Å²) in [5, 5.41) is 0.297. The number of ether oxygens (including phenoxy) is 1. The topological polar surface area (TPSA) is 66.0 Å². The molecule has 0 aromatic carbocycles. The first kappa shape index (κ1) is 19.0. The van der Waals surface area contributed by atoms with E-state index >= 15 is 0 Å². The van der Waals surface area contributed by atoms with Gasteiger partial charge in [-0.1, -0.05) is 37.3 Å². The van der Waals surface area contributed by atoms with Crippen molar-refractivity contribution < 1.29 is 9.15 Å². The number of furan rings is 1. The molecule has 28 heavy (non-hydrogen) atoms. The predicted molar refractivity (Wildman–Crippen MR) is 108 cm³/mol. The van der Waals surface area contributed by atoms with Gasteiger partial charge < -0.3 is 9.15 Å². The SMILES string of the molecule is CCCCCC#Cc1nc(Cl)c2nc(-c3ccco3)n(C3CCCCO3)c2n1. The Balaban J connectivity index is 1.78. The third kappa shape index (κ3) is 3.91. The lowest BCUT2D eigenvalue weighted by atomic mass is 10.2. The minimum absolute atomic E-state index is 0.157. The van der Waals surface area contributed by atoms with Crippen LogP contribution in [0.4, 0.5) is 0 Å². The number of unbranched alkanes of at least 4 members (excludes halogenated alkanes) is 3. The highest BCUT2D eigenvalue weighted by Crippen LogP contribution is 2.34. The monoisotopic (exact) mass is 398 g/mol. The summed E-state index contributed by atoms with van der Waals surface area (Å²) < 4.78 is 13.6.